The van der Waals surface area contributed by atoms with E-state index in [1.54, 1.807) is 12.1 Å². The second-order valence-corrected chi connectivity index (χ2v) is 6.36. The minimum Gasteiger partial charge on any atom is -0.271 e. The Morgan fingerprint density at radius 2 is 1.67 bits per heavy atom. The Kier molecular flexibility index (Phi) is 3.97. The van der Waals surface area contributed by atoms with E-state index in [1.165, 1.54) is 25.7 Å². The number of nitrogens with one attached hydrogen (secondary N) is 1. The van der Waals surface area contributed by atoms with E-state index in [9.17, 15) is 13.2 Å². The number of alkyl halides is 3. The molecule has 0 aromatic heterocycles. The lowest BCUT2D eigenvalue weighted by atomic mass is 9.99. The molecule has 0 spiro atoms. The summed E-state index contributed by atoms with van der Waals surface area (Å²) in [5, 5.41) is 0. The van der Waals surface area contributed by atoms with E-state index in [4.69, 9.17) is 5.84 Å². The average molecular weight is 298 g/mol. The number of benzene rings is 1. The van der Waals surface area contributed by atoms with Crippen LogP contribution in [0.15, 0.2) is 24.3 Å². The van der Waals surface area contributed by atoms with Crippen LogP contribution in [-0.4, -0.2) is 6.04 Å². The number of fused-ring (bicyclic) bond motifs is 1. The molecule has 1 aromatic carbocycles. The molecule has 3 N–H and O–H groups in total. The smallest absolute Gasteiger partial charge is 0.271 e. The summed E-state index contributed by atoms with van der Waals surface area (Å²) in [5.41, 5.74) is 3.21. The first-order chi connectivity index (χ1) is 10.0. The highest BCUT2D eigenvalue weighted by molar-refractivity contribution is 5.25. The van der Waals surface area contributed by atoms with Crippen molar-refractivity contribution in [3.63, 3.8) is 0 Å². The van der Waals surface area contributed by atoms with Gasteiger partial charge in [-0.05, 0) is 54.7 Å². The van der Waals surface area contributed by atoms with Gasteiger partial charge in [0, 0.05) is 6.04 Å². The Bertz CT molecular complexity index is 471. The monoisotopic (exact) mass is 298 g/mol. The van der Waals surface area contributed by atoms with E-state index in [-0.39, 0.29) is 6.04 Å². The van der Waals surface area contributed by atoms with Gasteiger partial charge in [0.1, 0.15) is 0 Å². The Morgan fingerprint density at radius 3 is 2.14 bits per heavy atom. The summed E-state index contributed by atoms with van der Waals surface area (Å²) < 4.78 is 37.7. The molecule has 21 heavy (non-hydrogen) atoms. The first-order valence-electron chi connectivity index (χ1n) is 7.63. The van der Waals surface area contributed by atoms with Gasteiger partial charge in [0.25, 0.3) is 0 Å². The fourth-order valence-electron chi connectivity index (χ4n) is 4.03. The molecular formula is C16H21F3N2. The lowest BCUT2D eigenvalue weighted by Gasteiger charge is -2.17. The molecule has 0 aliphatic heterocycles. The maximum Gasteiger partial charge on any atom is 0.416 e. The molecule has 0 bridgehead atoms. The van der Waals surface area contributed by atoms with Crippen LogP contribution in [0.1, 0.15) is 36.8 Å². The van der Waals surface area contributed by atoms with E-state index >= 15 is 0 Å². The Morgan fingerprint density at radius 1 is 1.10 bits per heavy atom. The fraction of sp³-hybridized carbons (Fsp3) is 0.625. The van der Waals surface area contributed by atoms with Crippen molar-refractivity contribution in [2.45, 2.75) is 44.3 Å². The van der Waals surface area contributed by atoms with Gasteiger partial charge in [-0.15, -0.1) is 0 Å². The number of hydrazine groups is 1. The lowest BCUT2D eigenvalue weighted by molar-refractivity contribution is -0.137. The van der Waals surface area contributed by atoms with Gasteiger partial charge in [0.2, 0.25) is 0 Å². The third-order valence-corrected chi connectivity index (χ3v) is 5.14. The molecule has 3 rings (SSSR count). The van der Waals surface area contributed by atoms with Crippen LogP contribution in [0.25, 0.3) is 0 Å². The summed E-state index contributed by atoms with van der Waals surface area (Å²) in [6.45, 7) is 0. The summed E-state index contributed by atoms with van der Waals surface area (Å²) in [6, 6.07) is 5.62. The Balaban J connectivity index is 1.65. The quantitative estimate of drug-likeness (QED) is 0.659. The summed E-state index contributed by atoms with van der Waals surface area (Å²) >= 11 is 0. The topological polar surface area (TPSA) is 38.0 Å². The molecule has 2 aliphatic carbocycles. The average Bonchev–Trinajstić information content (AvgIpc) is 3.18. The van der Waals surface area contributed by atoms with Crippen LogP contribution in [0.2, 0.25) is 0 Å². The standard InChI is InChI=1S/C16H21F3N2/c17-16(18,19)11-7-5-10(6-8-11)9-14(21-20)15-12-3-1-2-4-13(12)15/h5-8,12-15,21H,1-4,9,20H2. The molecule has 116 valence electrons. The second kappa shape index (κ2) is 5.61. The zero-order valence-electron chi connectivity index (χ0n) is 11.9. The second-order valence-electron chi connectivity index (χ2n) is 6.36. The van der Waals surface area contributed by atoms with Crippen LogP contribution >= 0.6 is 0 Å². The van der Waals surface area contributed by atoms with E-state index in [1.807, 2.05) is 0 Å². The number of hydrogen-bond donors (Lipinski definition) is 2. The van der Waals surface area contributed by atoms with Gasteiger partial charge in [-0.3, -0.25) is 11.3 Å². The highest BCUT2D eigenvalue weighted by Crippen LogP contribution is 2.57. The molecule has 5 heteroatoms. The van der Waals surface area contributed by atoms with Crippen molar-refractivity contribution in [3.8, 4) is 0 Å². The molecule has 0 saturated heterocycles. The van der Waals surface area contributed by atoms with Crippen molar-refractivity contribution in [2.24, 2.45) is 23.6 Å². The van der Waals surface area contributed by atoms with Crippen molar-refractivity contribution in [1.82, 2.24) is 5.43 Å². The zero-order valence-corrected chi connectivity index (χ0v) is 11.9. The van der Waals surface area contributed by atoms with E-state index in [2.05, 4.69) is 5.43 Å². The van der Waals surface area contributed by atoms with Gasteiger partial charge in [-0.25, -0.2) is 0 Å². The number of halogens is 3. The van der Waals surface area contributed by atoms with Gasteiger partial charge in [0.15, 0.2) is 0 Å². The third-order valence-electron chi connectivity index (χ3n) is 5.14. The first kappa shape index (κ1) is 14.9. The number of nitrogens with two attached hydrogens (primary N) is 1. The van der Waals surface area contributed by atoms with E-state index < -0.39 is 11.7 Å². The van der Waals surface area contributed by atoms with Crippen molar-refractivity contribution < 1.29 is 13.2 Å². The van der Waals surface area contributed by atoms with Gasteiger partial charge in [0.05, 0.1) is 5.56 Å². The molecule has 2 saturated carbocycles. The normalized spacial score (nSPS) is 29.8. The Labute approximate surface area is 122 Å². The van der Waals surface area contributed by atoms with Crippen LogP contribution in [0, 0.1) is 17.8 Å². The molecule has 0 radical (unpaired) electrons. The van der Waals surface area contributed by atoms with Crippen LogP contribution in [0.4, 0.5) is 13.2 Å². The Hall–Kier alpha value is -1.07. The summed E-state index contributed by atoms with van der Waals surface area (Å²) in [7, 11) is 0. The van der Waals surface area contributed by atoms with Crippen molar-refractivity contribution in [3.05, 3.63) is 35.4 Å². The van der Waals surface area contributed by atoms with Crippen LogP contribution in [-0.2, 0) is 12.6 Å². The predicted octanol–water partition coefficient (Wildman–Crippen LogP) is 3.52. The van der Waals surface area contributed by atoms with E-state index in [0.29, 0.717) is 12.3 Å². The summed E-state index contributed by atoms with van der Waals surface area (Å²) in [4.78, 5) is 0. The molecule has 3 unspecified atom stereocenters. The SMILES string of the molecule is NNC(Cc1ccc(C(F)(F)F)cc1)C1C2CCCCC21. The molecule has 2 fully saturated rings. The van der Waals surface area contributed by atoms with Gasteiger partial charge in [-0.1, -0.05) is 25.0 Å². The van der Waals surface area contributed by atoms with E-state index in [0.717, 1.165) is 29.5 Å². The molecule has 1 aromatic rings. The molecular weight excluding hydrogens is 277 g/mol. The maximum absolute atomic E-state index is 12.6. The van der Waals surface area contributed by atoms with Crippen LogP contribution < -0.4 is 11.3 Å². The largest absolute Gasteiger partial charge is 0.416 e. The van der Waals surface area contributed by atoms with Crippen LogP contribution in [0.5, 0.6) is 0 Å². The zero-order chi connectivity index (χ0) is 15.0. The minimum absolute atomic E-state index is 0.176. The summed E-state index contributed by atoms with van der Waals surface area (Å²) in [6.07, 6.45) is 1.59. The van der Waals surface area contributed by atoms with Gasteiger partial charge < -0.3 is 0 Å². The highest BCUT2D eigenvalue weighted by atomic mass is 19.4. The third kappa shape index (κ3) is 3.09. The summed E-state index contributed by atoms with van der Waals surface area (Å²) in [5.74, 6) is 7.83. The maximum atomic E-state index is 12.6. The van der Waals surface area contributed by atoms with Crippen molar-refractivity contribution in [2.75, 3.05) is 0 Å². The number of hydrogen-bond acceptors (Lipinski definition) is 2. The molecule has 3 atom stereocenters. The van der Waals surface area contributed by atoms with Crippen LogP contribution in [0.3, 0.4) is 0 Å². The molecule has 2 nitrogen and oxygen atoms in total. The molecule has 0 amide bonds. The van der Waals surface area contributed by atoms with Gasteiger partial charge >= 0.3 is 6.18 Å². The fourth-order valence-corrected chi connectivity index (χ4v) is 4.03. The lowest BCUT2D eigenvalue weighted by Crippen LogP contribution is -2.39. The minimum atomic E-state index is -4.27. The molecule has 0 heterocycles. The predicted molar refractivity (Wildman–Crippen MR) is 75.2 cm³/mol. The first-order valence-corrected chi connectivity index (χ1v) is 7.63. The highest BCUT2D eigenvalue weighted by Gasteiger charge is 2.53. The van der Waals surface area contributed by atoms with Crippen molar-refractivity contribution >= 4 is 0 Å². The molecule has 2 aliphatic rings. The van der Waals surface area contributed by atoms with Crippen molar-refractivity contribution in [1.29, 1.82) is 0 Å². The number of rotatable bonds is 4. The van der Waals surface area contributed by atoms with Gasteiger partial charge in [-0.2, -0.15) is 13.2 Å².